The molecule has 0 heterocycles. The van der Waals surface area contributed by atoms with E-state index < -0.39 is 0 Å². The van der Waals surface area contributed by atoms with Crippen molar-refractivity contribution in [2.75, 3.05) is 0 Å². The maximum Gasteiger partial charge on any atom is 0.130 e. The first kappa shape index (κ1) is 9.95. The number of hydrogen-bond acceptors (Lipinski definition) is 1. The van der Waals surface area contributed by atoms with E-state index in [0.29, 0.717) is 0 Å². The van der Waals surface area contributed by atoms with Gasteiger partial charge in [-0.15, -0.1) is 0 Å². The SMILES string of the molecule is O=CC1(C2=CCCCC2)CCCCC1. The molecule has 0 aromatic carbocycles. The maximum atomic E-state index is 11.3. The van der Waals surface area contributed by atoms with Gasteiger partial charge in [-0.3, -0.25) is 0 Å². The van der Waals surface area contributed by atoms with Crippen molar-refractivity contribution in [3.63, 3.8) is 0 Å². The molecule has 0 radical (unpaired) electrons. The molecule has 0 saturated heterocycles. The lowest BCUT2D eigenvalue weighted by Gasteiger charge is -2.36. The van der Waals surface area contributed by atoms with Crippen molar-refractivity contribution >= 4 is 6.29 Å². The molecule has 1 nitrogen and oxygen atoms in total. The predicted molar refractivity (Wildman–Crippen MR) is 58.1 cm³/mol. The van der Waals surface area contributed by atoms with E-state index in [1.807, 2.05) is 0 Å². The quantitative estimate of drug-likeness (QED) is 0.482. The Balaban J connectivity index is 2.16. The van der Waals surface area contributed by atoms with Crippen LogP contribution in [-0.4, -0.2) is 6.29 Å². The fourth-order valence-corrected chi connectivity index (χ4v) is 2.99. The molecule has 0 aromatic rings. The lowest BCUT2D eigenvalue weighted by molar-refractivity contribution is -0.116. The van der Waals surface area contributed by atoms with Crippen LogP contribution in [0.5, 0.6) is 0 Å². The lowest BCUT2D eigenvalue weighted by atomic mass is 9.67. The Morgan fingerprint density at radius 2 is 1.86 bits per heavy atom. The molecular weight excluding hydrogens is 172 g/mol. The molecule has 0 amide bonds. The van der Waals surface area contributed by atoms with Gasteiger partial charge in [-0.05, 0) is 38.5 Å². The van der Waals surface area contributed by atoms with Crippen molar-refractivity contribution < 1.29 is 4.79 Å². The van der Waals surface area contributed by atoms with Gasteiger partial charge in [0.05, 0.1) is 0 Å². The monoisotopic (exact) mass is 192 g/mol. The van der Waals surface area contributed by atoms with Crippen molar-refractivity contribution in [3.8, 4) is 0 Å². The third-order valence-electron chi connectivity index (χ3n) is 3.90. The largest absolute Gasteiger partial charge is 0.302 e. The van der Waals surface area contributed by atoms with Gasteiger partial charge in [0.15, 0.2) is 0 Å². The Morgan fingerprint density at radius 3 is 2.43 bits per heavy atom. The number of carbonyl (C=O) groups excluding carboxylic acids is 1. The van der Waals surface area contributed by atoms with E-state index in [-0.39, 0.29) is 5.41 Å². The summed E-state index contributed by atoms with van der Waals surface area (Å²) in [4.78, 5) is 11.3. The molecule has 0 atom stereocenters. The smallest absolute Gasteiger partial charge is 0.130 e. The number of aldehydes is 1. The molecule has 2 rings (SSSR count). The molecular formula is C13H20O. The van der Waals surface area contributed by atoms with Crippen molar-refractivity contribution in [3.05, 3.63) is 11.6 Å². The number of carbonyl (C=O) groups is 1. The molecule has 1 fully saturated rings. The van der Waals surface area contributed by atoms with Gasteiger partial charge in [0.2, 0.25) is 0 Å². The molecule has 1 heteroatoms. The standard InChI is InChI=1S/C13H20O/c14-11-13(9-5-2-6-10-13)12-7-3-1-4-8-12/h7,11H,1-6,8-10H2. The molecule has 0 N–H and O–H groups in total. The first-order valence-electron chi connectivity index (χ1n) is 6.03. The van der Waals surface area contributed by atoms with E-state index in [0.717, 1.165) is 12.8 Å². The summed E-state index contributed by atoms with van der Waals surface area (Å²) in [6.07, 6.45) is 14.6. The van der Waals surface area contributed by atoms with E-state index >= 15 is 0 Å². The predicted octanol–water partition coefficient (Wildman–Crippen LogP) is 3.64. The van der Waals surface area contributed by atoms with Crippen LogP contribution in [0, 0.1) is 5.41 Å². The highest BCUT2D eigenvalue weighted by molar-refractivity contribution is 5.65. The highest BCUT2D eigenvalue weighted by atomic mass is 16.1. The van der Waals surface area contributed by atoms with Crippen molar-refractivity contribution in [2.45, 2.75) is 57.8 Å². The van der Waals surface area contributed by atoms with Gasteiger partial charge in [-0.1, -0.05) is 30.9 Å². The van der Waals surface area contributed by atoms with Crippen molar-refractivity contribution in [1.82, 2.24) is 0 Å². The van der Waals surface area contributed by atoms with E-state index in [1.165, 1.54) is 56.8 Å². The summed E-state index contributed by atoms with van der Waals surface area (Å²) >= 11 is 0. The minimum Gasteiger partial charge on any atom is -0.302 e. The van der Waals surface area contributed by atoms with Crippen LogP contribution in [0.15, 0.2) is 11.6 Å². The topological polar surface area (TPSA) is 17.1 Å². The molecule has 0 spiro atoms. The fourth-order valence-electron chi connectivity index (χ4n) is 2.99. The van der Waals surface area contributed by atoms with Crippen LogP contribution in [0.3, 0.4) is 0 Å². The van der Waals surface area contributed by atoms with E-state index in [2.05, 4.69) is 6.08 Å². The van der Waals surface area contributed by atoms with Crippen LogP contribution < -0.4 is 0 Å². The van der Waals surface area contributed by atoms with E-state index in [9.17, 15) is 4.79 Å². The van der Waals surface area contributed by atoms with Gasteiger partial charge >= 0.3 is 0 Å². The summed E-state index contributed by atoms with van der Waals surface area (Å²) in [6, 6.07) is 0. The van der Waals surface area contributed by atoms with Crippen LogP contribution in [0.25, 0.3) is 0 Å². The minimum atomic E-state index is -0.0291. The molecule has 0 aliphatic heterocycles. The van der Waals surface area contributed by atoms with Gasteiger partial charge in [0, 0.05) is 5.41 Å². The Bertz CT molecular complexity index is 234. The second kappa shape index (κ2) is 4.29. The molecule has 0 bridgehead atoms. The first-order chi connectivity index (χ1) is 6.87. The average Bonchev–Trinajstić information content (AvgIpc) is 2.31. The van der Waals surface area contributed by atoms with E-state index in [1.54, 1.807) is 0 Å². The first-order valence-corrected chi connectivity index (χ1v) is 6.03. The van der Waals surface area contributed by atoms with Gasteiger partial charge in [-0.25, -0.2) is 0 Å². The molecule has 14 heavy (non-hydrogen) atoms. The Morgan fingerprint density at radius 1 is 1.07 bits per heavy atom. The van der Waals surface area contributed by atoms with Crippen LogP contribution in [0.2, 0.25) is 0 Å². The molecule has 1 saturated carbocycles. The number of rotatable bonds is 2. The Kier molecular flexibility index (Phi) is 3.05. The van der Waals surface area contributed by atoms with E-state index in [4.69, 9.17) is 0 Å². The zero-order valence-electron chi connectivity index (χ0n) is 8.93. The zero-order valence-corrected chi connectivity index (χ0v) is 8.93. The third-order valence-corrected chi connectivity index (χ3v) is 3.90. The minimum absolute atomic E-state index is 0.0291. The molecule has 0 unspecified atom stereocenters. The van der Waals surface area contributed by atoms with Gasteiger partial charge in [0.25, 0.3) is 0 Å². The summed E-state index contributed by atoms with van der Waals surface area (Å²) in [7, 11) is 0. The normalized spacial score (nSPS) is 26.7. The second-order valence-electron chi connectivity index (χ2n) is 4.81. The van der Waals surface area contributed by atoms with Crippen LogP contribution in [-0.2, 0) is 4.79 Å². The van der Waals surface area contributed by atoms with Gasteiger partial charge < -0.3 is 4.79 Å². The highest BCUT2D eigenvalue weighted by Gasteiger charge is 2.35. The summed E-state index contributed by atoms with van der Waals surface area (Å²) in [6.45, 7) is 0. The van der Waals surface area contributed by atoms with Crippen molar-refractivity contribution in [2.24, 2.45) is 5.41 Å². The van der Waals surface area contributed by atoms with Crippen LogP contribution >= 0.6 is 0 Å². The zero-order chi connectivity index (χ0) is 9.86. The van der Waals surface area contributed by atoms with Gasteiger partial charge in [0.1, 0.15) is 6.29 Å². The Labute approximate surface area is 86.6 Å². The molecule has 2 aliphatic rings. The van der Waals surface area contributed by atoms with Crippen LogP contribution in [0.1, 0.15) is 57.8 Å². The number of allylic oxidation sites excluding steroid dienone is 2. The maximum absolute atomic E-state index is 11.3. The molecule has 2 aliphatic carbocycles. The summed E-state index contributed by atoms with van der Waals surface area (Å²) < 4.78 is 0. The summed E-state index contributed by atoms with van der Waals surface area (Å²) in [5.74, 6) is 0. The average molecular weight is 192 g/mol. The third kappa shape index (κ3) is 1.77. The summed E-state index contributed by atoms with van der Waals surface area (Å²) in [5.41, 5.74) is 1.44. The lowest BCUT2D eigenvalue weighted by Crippen LogP contribution is -2.29. The second-order valence-corrected chi connectivity index (χ2v) is 4.81. The van der Waals surface area contributed by atoms with Crippen molar-refractivity contribution in [1.29, 1.82) is 0 Å². The summed E-state index contributed by atoms with van der Waals surface area (Å²) in [5, 5.41) is 0. The Hall–Kier alpha value is -0.590. The molecule has 78 valence electrons. The fraction of sp³-hybridized carbons (Fsp3) is 0.769. The van der Waals surface area contributed by atoms with Gasteiger partial charge in [-0.2, -0.15) is 0 Å². The highest BCUT2D eigenvalue weighted by Crippen LogP contribution is 2.44. The number of hydrogen-bond donors (Lipinski definition) is 0. The molecule has 0 aromatic heterocycles. The van der Waals surface area contributed by atoms with Crippen LogP contribution in [0.4, 0.5) is 0 Å².